The number of carbonyl (C=O) groups excluding carboxylic acids is 1. The van der Waals surface area contributed by atoms with Crippen molar-refractivity contribution >= 4 is 55.4 Å². The molecule has 4 aromatic rings. The highest BCUT2D eigenvalue weighted by molar-refractivity contribution is 7.91. The zero-order valence-corrected chi connectivity index (χ0v) is 18.6. The van der Waals surface area contributed by atoms with Gasteiger partial charge in [0.15, 0.2) is 5.58 Å². The number of esters is 1. The van der Waals surface area contributed by atoms with E-state index in [1.807, 2.05) is 0 Å². The van der Waals surface area contributed by atoms with Crippen LogP contribution in [0.2, 0.25) is 5.02 Å². The predicted octanol–water partition coefficient (Wildman–Crippen LogP) is 4.84. The van der Waals surface area contributed by atoms with Crippen LogP contribution in [0, 0.1) is 0 Å². The molecular formula is C22H20ClN3O5S. The molecule has 0 radical (unpaired) electrons. The number of halogens is 1. The summed E-state index contributed by atoms with van der Waals surface area (Å²) < 4.78 is 38.2. The fraction of sp³-hybridized carbons (Fsp3) is 0.182. The number of anilines is 1. The summed E-state index contributed by atoms with van der Waals surface area (Å²) in [6.07, 6.45) is 1.29. The first-order valence-corrected chi connectivity index (χ1v) is 11.7. The predicted molar refractivity (Wildman–Crippen MR) is 123 cm³/mol. The second-order valence-corrected chi connectivity index (χ2v) is 9.71. The van der Waals surface area contributed by atoms with Gasteiger partial charge in [-0.1, -0.05) is 30.7 Å². The first kappa shape index (κ1) is 21.9. The number of nitrogens with two attached hydrogens (primary N) is 1. The minimum absolute atomic E-state index is 0.0140. The zero-order chi connectivity index (χ0) is 23.0. The lowest BCUT2D eigenvalue weighted by Gasteiger charge is -2.22. The van der Waals surface area contributed by atoms with Gasteiger partial charge in [-0.3, -0.25) is 4.79 Å². The minimum Gasteiger partial charge on any atom is -0.439 e. The van der Waals surface area contributed by atoms with Gasteiger partial charge in [0, 0.05) is 22.3 Å². The molecule has 0 fully saturated rings. The van der Waals surface area contributed by atoms with Crippen molar-refractivity contribution in [3.63, 3.8) is 0 Å². The quantitative estimate of drug-likeness (QED) is 0.290. The molecule has 3 N–H and O–H groups in total. The van der Waals surface area contributed by atoms with Crippen molar-refractivity contribution in [1.29, 1.82) is 0 Å². The number of ether oxygens (including phenoxy) is 1. The molecule has 166 valence electrons. The van der Waals surface area contributed by atoms with Crippen LogP contribution in [0.25, 0.3) is 22.0 Å². The number of carbonyl (C=O) groups is 1. The Balaban J connectivity index is 1.82. The van der Waals surface area contributed by atoms with Crippen LogP contribution >= 0.6 is 11.6 Å². The van der Waals surface area contributed by atoms with Gasteiger partial charge in [-0.25, -0.2) is 8.42 Å². The van der Waals surface area contributed by atoms with E-state index in [9.17, 15) is 13.2 Å². The summed E-state index contributed by atoms with van der Waals surface area (Å²) in [4.78, 5) is 19.2. The van der Waals surface area contributed by atoms with Crippen LogP contribution in [0.4, 0.5) is 6.01 Å². The van der Waals surface area contributed by atoms with Gasteiger partial charge in [-0.15, -0.1) is 6.58 Å². The number of aromatic amines is 1. The maximum atomic E-state index is 13.7. The highest BCUT2D eigenvalue weighted by Gasteiger charge is 2.38. The van der Waals surface area contributed by atoms with Gasteiger partial charge in [-0.05, 0) is 42.0 Å². The van der Waals surface area contributed by atoms with Crippen LogP contribution in [0.15, 0.2) is 59.5 Å². The largest absolute Gasteiger partial charge is 0.439 e. The molecule has 2 aromatic heterocycles. The Kier molecular flexibility index (Phi) is 5.70. The minimum atomic E-state index is -4.16. The summed E-state index contributed by atoms with van der Waals surface area (Å²) in [5.74, 6) is -0.656. The second kappa shape index (κ2) is 8.33. The van der Waals surface area contributed by atoms with Gasteiger partial charge in [0.2, 0.25) is 15.3 Å². The number of fused-ring (bicyclic) bond motifs is 2. The monoisotopic (exact) mass is 473 g/mol. The lowest BCUT2D eigenvalue weighted by atomic mass is 10.1. The van der Waals surface area contributed by atoms with Crippen LogP contribution < -0.4 is 5.73 Å². The Morgan fingerprint density at radius 3 is 2.81 bits per heavy atom. The number of hydrogen-bond donors (Lipinski definition) is 2. The molecule has 0 saturated heterocycles. The average molecular weight is 474 g/mol. The van der Waals surface area contributed by atoms with E-state index in [2.05, 4.69) is 16.5 Å². The standard InChI is InChI=1S/C22H20ClN3O5S/c1-3-19(12-5-7-16-18(11-12)30-22(24)26-16)32(28,29)21(31-20(27)4-2)17-10-13-9-14(23)6-8-15(13)25-17/h3,5-11,19,21,25H,1,4H2,2H3,(H2,24,26). The lowest BCUT2D eigenvalue weighted by molar-refractivity contribution is -0.145. The number of rotatable bonds is 7. The number of oxazole rings is 1. The van der Waals surface area contributed by atoms with E-state index in [0.29, 0.717) is 32.6 Å². The van der Waals surface area contributed by atoms with E-state index in [1.165, 1.54) is 12.1 Å². The van der Waals surface area contributed by atoms with Gasteiger partial charge in [0.25, 0.3) is 6.01 Å². The van der Waals surface area contributed by atoms with Gasteiger partial charge in [0.1, 0.15) is 10.8 Å². The molecule has 8 nitrogen and oxygen atoms in total. The molecule has 0 spiro atoms. The molecule has 4 rings (SSSR count). The average Bonchev–Trinajstić information content (AvgIpc) is 3.33. The molecule has 0 saturated carbocycles. The van der Waals surface area contributed by atoms with E-state index in [0.717, 1.165) is 0 Å². The summed E-state index contributed by atoms with van der Waals surface area (Å²) in [6.45, 7) is 5.29. The third kappa shape index (κ3) is 3.96. The van der Waals surface area contributed by atoms with Crippen LogP contribution in [0.3, 0.4) is 0 Å². The first-order valence-electron chi connectivity index (χ1n) is 9.71. The number of nitrogens with one attached hydrogen (secondary N) is 1. The molecule has 32 heavy (non-hydrogen) atoms. The third-order valence-electron chi connectivity index (χ3n) is 5.01. The Labute approximate surface area is 188 Å². The van der Waals surface area contributed by atoms with E-state index < -0.39 is 26.5 Å². The topological polar surface area (TPSA) is 128 Å². The summed E-state index contributed by atoms with van der Waals surface area (Å²) in [5, 5.41) is -0.00607. The number of aromatic nitrogens is 2. The number of nitrogens with zero attached hydrogens (tertiary/aromatic N) is 1. The first-order chi connectivity index (χ1) is 15.2. The lowest BCUT2D eigenvalue weighted by Crippen LogP contribution is -2.24. The third-order valence-corrected chi connectivity index (χ3v) is 7.36. The molecule has 2 atom stereocenters. The van der Waals surface area contributed by atoms with Gasteiger partial charge in [0.05, 0.1) is 5.69 Å². The van der Waals surface area contributed by atoms with Crippen molar-refractivity contribution in [2.45, 2.75) is 24.0 Å². The van der Waals surface area contributed by atoms with Crippen molar-refractivity contribution in [3.8, 4) is 0 Å². The van der Waals surface area contributed by atoms with E-state index in [4.69, 9.17) is 26.5 Å². The fourth-order valence-electron chi connectivity index (χ4n) is 3.49. The van der Waals surface area contributed by atoms with E-state index in [1.54, 1.807) is 43.3 Å². The summed E-state index contributed by atoms with van der Waals surface area (Å²) >= 11 is 6.05. The molecule has 0 aliphatic heterocycles. The Morgan fingerprint density at radius 1 is 1.31 bits per heavy atom. The van der Waals surface area contributed by atoms with Crippen LogP contribution in [-0.4, -0.2) is 24.4 Å². The highest BCUT2D eigenvalue weighted by atomic mass is 35.5. The molecule has 2 heterocycles. The van der Waals surface area contributed by atoms with E-state index >= 15 is 0 Å². The second-order valence-electron chi connectivity index (χ2n) is 7.16. The number of nitrogen functional groups attached to an aromatic ring is 1. The van der Waals surface area contributed by atoms with Gasteiger partial charge >= 0.3 is 5.97 Å². The smallest absolute Gasteiger partial charge is 0.307 e. The summed E-state index contributed by atoms with van der Waals surface area (Å²) in [7, 11) is -4.16. The van der Waals surface area contributed by atoms with Crippen LogP contribution in [-0.2, 0) is 19.4 Å². The number of sulfone groups is 1. The molecule has 2 aromatic carbocycles. The fourth-order valence-corrected chi connectivity index (χ4v) is 5.46. The van der Waals surface area contributed by atoms with Crippen molar-refractivity contribution in [2.24, 2.45) is 0 Å². The number of hydrogen-bond acceptors (Lipinski definition) is 7. The molecule has 0 aliphatic rings. The molecule has 10 heteroatoms. The Morgan fingerprint density at radius 2 is 2.09 bits per heavy atom. The molecule has 2 unspecified atom stereocenters. The highest BCUT2D eigenvalue weighted by Crippen LogP contribution is 2.38. The molecular weight excluding hydrogens is 454 g/mol. The molecule has 0 amide bonds. The maximum Gasteiger partial charge on any atom is 0.307 e. The van der Waals surface area contributed by atoms with Gasteiger partial charge < -0.3 is 19.9 Å². The maximum absolute atomic E-state index is 13.7. The number of benzene rings is 2. The SMILES string of the molecule is C=CC(c1ccc2nc(N)oc2c1)S(=O)(=O)C(OC(=O)CC)c1cc2cc(Cl)ccc2[nH]1. The van der Waals surface area contributed by atoms with E-state index in [-0.39, 0.29) is 18.1 Å². The molecule has 0 aliphatic carbocycles. The van der Waals surface area contributed by atoms with Crippen molar-refractivity contribution in [1.82, 2.24) is 9.97 Å². The van der Waals surface area contributed by atoms with Crippen LogP contribution in [0.5, 0.6) is 0 Å². The van der Waals surface area contributed by atoms with Crippen molar-refractivity contribution in [3.05, 3.63) is 71.4 Å². The van der Waals surface area contributed by atoms with Crippen LogP contribution in [0.1, 0.15) is 35.3 Å². The van der Waals surface area contributed by atoms with Crippen molar-refractivity contribution < 1.29 is 22.4 Å². The summed E-state index contributed by atoms with van der Waals surface area (Å²) in [6, 6.07) is 11.4. The molecule has 0 bridgehead atoms. The Bertz CT molecular complexity index is 1440. The summed E-state index contributed by atoms with van der Waals surface area (Å²) in [5.41, 5.74) is 6.08. The normalized spacial score (nSPS) is 13.8. The Hall–Kier alpha value is -3.30. The van der Waals surface area contributed by atoms with Crippen molar-refractivity contribution in [2.75, 3.05) is 5.73 Å². The van der Waals surface area contributed by atoms with Gasteiger partial charge in [-0.2, -0.15) is 4.98 Å². The zero-order valence-electron chi connectivity index (χ0n) is 17.0. The number of H-pyrrole nitrogens is 1.